The molecule has 0 aromatic rings. The summed E-state index contributed by atoms with van der Waals surface area (Å²) in [5, 5.41) is 3.31. The molecule has 1 heterocycles. The van der Waals surface area contributed by atoms with Gasteiger partial charge in [0.05, 0.1) is 0 Å². The first-order chi connectivity index (χ1) is 6.40. The average molecular weight is 183 g/mol. The fraction of sp³-hybridized carbons (Fsp3) is 0.900. The third-order valence-electron chi connectivity index (χ3n) is 3.45. The summed E-state index contributed by atoms with van der Waals surface area (Å²) in [6, 6.07) is 0. The first-order valence-corrected chi connectivity index (χ1v) is 5.20. The highest BCUT2D eigenvalue weighted by Crippen LogP contribution is 2.32. The molecule has 0 aromatic heterocycles. The van der Waals surface area contributed by atoms with Gasteiger partial charge in [0, 0.05) is 0 Å². The molecule has 0 radical (unpaired) electrons. The van der Waals surface area contributed by atoms with Crippen LogP contribution in [0.25, 0.3) is 0 Å². The maximum atomic E-state index is 10.1. The quantitative estimate of drug-likeness (QED) is 0.662. The van der Waals surface area contributed by atoms with E-state index in [1.807, 2.05) is 0 Å². The van der Waals surface area contributed by atoms with Crippen molar-refractivity contribution < 1.29 is 9.53 Å². The predicted molar refractivity (Wildman–Crippen MR) is 49.3 cm³/mol. The van der Waals surface area contributed by atoms with Crippen molar-refractivity contribution in [1.29, 1.82) is 0 Å². The Bertz CT molecular complexity index is 172. The Morgan fingerprint density at radius 1 is 1.08 bits per heavy atom. The first kappa shape index (κ1) is 9.00. The Morgan fingerprint density at radius 3 is 2.23 bits per heavy atom. The molecule has 0 spiro atoms. The van der Waals surface area contributed by atoms with Crippen molar-refractivity contribution in [3.8, 4) is 0 Å². The zero-order chi connectivity index (χ0) is 9.10. The van der Waals surface area contributed by atoms with Crippen LogP contribution in [-0.2, 0) is 9.53 Å². The number of nitrogens with one attached hydrogen (secondary N) is 1. The van der Waals surface area contributed by atoms with Gasteiger partial charge in [-0.2, -0.15) is 0 Å². The fourth-order valence-corrected chi connectivity index (χ4v) is 2.42. The van der Waals surface area contributed by atoms with Crippen molar-refractivity contribution in [3.63, 3.8) is 0 Å². The number of ether oxygens (including phenoxy) is 1. The second kappa shape index (κ2) is 4.09. The number of hydrogen-bond donors (Lipinski definition) is 1. The SMILES string of the molecule is O=COC1CCC(C2CNC2)CC1. The summed E-state index contributed by atoms with van der Waals surface area (Å²) in [6.45, 7) is 2.99. The first-order valence-electron chi connectivity index (χ1n) is 5.20. The van der Waals surface area contributed by atoms with Gasteiger partial charge >= 0.3 is 0 Å². The van der Waals surface area contributed by atoms with E-state index in [0.717, 1.165) is 24.7 Å². The summed E-state index contributed by atoms with van der Waals surface area (Å²) in [5.74, 6) is 1.78. The van der Waals surface area contributed by atoms with Crippen LogP contribution in [0, 0.1) is 11.8 Å². The fourth-order valence-electron chi connectivity index (χ4n) is 2.42. The van der Waals surface area contributed by atoms with Crippen LogP contribution in [-0.4, -0.2) is 25.7 Å². The Balaban J connectivity index is 1.72. The molecule has 0 amide bonds. The minimum Gasteiger partial charge on any atom is -0.465 e. The largest absolute Gasteiger partial charge is 0.465 e. The Hall–Kier alpha value is -0.570. The summed E-state index contributed by atoms with van der Waals surface area (Å²) in [6.07, 6.45) is 4.83. The summed E-state index contributed by atoms with van der Waals surface area (Å²) in [5.41, 5.74) is 0. The van der Waals surface area contributed by atoms with Gasteiger partial charge in [-0.25, -0.2) is 0 Å². The van der Waals surface area contributed by atoms with Gasteiger partial charge < -0.3 is 10.1 Å². The van der Waals surface area contributed by atoms with Gasteiger partial charge in [-0.3, -0.25) is 4.79 Å². The van der Waals surface area contributed by atoms with E-state index in [4.69, 9.17) is 4.74 Å². The smallest absolute Gasteiger partial charge is 0.293 e. The van der Waals surface area contributed by atoms with E-state index < -0.39 is 0 Å². The lowest BCUT2D eigenvalue weighted by molar-refractivity contribution is -0.135. The van der Waals surface area contributed by atoms with E-state index in [9.17, 15) is 4.79 Å². The lowest BCUT2D eigenvalue weighted by atomic mass is 9.76. The van der Waals surface area contributed by atoms with Gasteiger partial charge in [0.25, 0.3) is 6.47 Å². The summed E-state index contributed by atoms with van der Waals surface area (Å²) >= 11 is 0. The maximum absolute atomic E-state index is 10.1. The summed E-state index contributed by atoms with van der Waals surface area (Å²) < 4.78 is 4.97. The highest BCUT2D eigenvalue weighted by molar-refractivity contribution is 5.37. The number of carbonyl (C=O) groups is 1. The molecule has 1 N–H and O–H groups in total. The van der Waals surface area contributed by atoms with Gasteiger partial charge in [-0.15, -0.1) is 0 Å². The number of rotatable bonds is 3. The molecular formula is C10H17NO2. The predicted octanol–water partition coefficient (Wildman–Crippen LogP) is 0.938. The Kier molecular flexibility index (Phi) is 2.83. The topological polar surface area (TPSA) is 38.3 Å². The summed E-state index contributed by atoms with van der Waals surface area (Å²) in [7, 11) is 0. The van der Waals surface area contributed by atoms with Crippen LogP contribution in [0.15, 0.2) is 0 Å². The van der Waals surface area contributed by atoms with Crippen molar-refractivity contribution in [1.82, 2.24) is 5.32 Å². The maximum Gasteiger partial charge on any atom is 0.293 e. The summed E-state index contributed by atoms with van der Waals surface area (Å²) in [4.78, 5) is 10.1. The minimum atomic E-state index is 0.210. The van der Waals surface area contributed by atoms with Crippen LogP contribution in [0.5, 0.6) is 0 Å². The van der Waals surface area contributed by atoms with Crippen LogP contribution in [0.1, 0.15) is 25.7 Å². The second-order valence-corrected chi connectivity index (χ2v) is 4.19. The van der Waals surface area contributed by atoms with Crippen LogP contribution < -0.4 is 5.32 Å². The minimum absolute atomic E-state index is 0.210. The van der Waals surface area contributed by atoms with Crippen LogP contribution in [0.2, 0.25) is 0 Å². The van der Waals surface area contributed by atoms with Crippen molar-refractivity contribution in [2.75, 3.05) is 13.1 Å². The van der Waals surface area contributed by atoms with Gasteiger partial charge in [0.15, 0.2) is 0 Å². The molecule has 1 saturated carbocycles. The third kappa shape index (κ3) is 2.02. The molecule has 0 unspecified atom stereocenters. The Morgan fingerprint density at radius 2 is 1.77 bits per heavy atom. The molecule has 1 aliphatic heterocycles. The van der Waals surface area contributed by atoms with E-state index in [1.54, 1.807) is 0 Å². The lowest BCUT2D eigenvalue weighted by Crippen LogP contribution is -2.47. The molecule has 74 valence electrons. The molecule has 2 rings (SSSR count). The zero-order valence-electron chi connectivity index (χ0n) is 7.87. The van der Waals surface area contributed by atoms with Gasteiger partial charge in [-0.1, -0.05) is 0 Å². The third-order valence-corrected chi connectivity index (χ3v) is 3.45. The number of carbonyl (C=O) groups excluding carboxylic acids is 1. The molecule has 3 nitrogen and oxygen atoms in total. The molecule has 2 fully saturated rings. The van der Waals surface area contributed by atoms with Crippen LogP contribution in [0.3, 0.4) is 0 Å². The number of hydrogen-bond acceptors (Lipinski definition) is 3. The van der Waals surface area contributed by atoms with Gasteiger partial charge in [0.1, 0.15) is 6.10 Å². The van der Waals surface area contributed by atoms with Crippen LogP contribution >= 0.6 is 0 Å². The molecule has 1 aliphatic carbocycles. The average Bonchev–Trinajstić information content (AvgIpc) is 2.06. The van der Waals surface area contributed by atoms with Gasteiger partial charge in [-0.05, 0) is 50.6 Å². The zero-order valence-corrected chi connectivity index (χ0v) is 7.87. The molecule has 0 atom stereocenters. The van der Waals surface area contributed by atoms with E-state index >= 15 is 0 Å². The lowest BCUT2D eigenvalue weighted by Gasteiger charge is -2.38. The van der Waals surface area contributed by atoms with Crippen molar-refractivity contribution in [2.45, 2.75) is 31.8 Å². The highest BCUT2D eigenvalue weighted by Gasteiger charge is 2.31. The molecule has 3 heteroatoms. The second-order valence-electron chi connectivity index (χ2n) is 4.19. The van der Waals surface area contributed by atoms with E-state index in [1.165, 1.54) is 25.9 Å². The Labute approximate surface area is 78.8 Å². The van der Waals surface area contributed by atoms with Crippen molar-refractivity contribution >= 4 is 6.47 Å². The molecule has 0 aromatic carbocycles. The molecule has 0 bridgehead atoms. The normalized spacial score (nSPS) is 35.1. The molecule has 2 aliphatic rings. The van der Waals surface area contributed by atoms with E-state index in [0.29, 0.717) is 6.47 Å². The van der Waals surface area contributed by atoms with Crippen LogP contribution in [0.4, 0.5) is 0 Å². The van der Waals surface area contributed by atoms with Gasteiger partial charge in [0.2, 0.25) is 0 Å². The highest BCUT2D eigenvalue weighted by atomic mass is 16.5. The van der Waals surface area contributed by atoms with Crippen molar-refractivity contribution in [2.24, 2.45) is 11.8 Å². The molecular weight excluding hydrogens is 166 g/mol. The molecule has 1 saturated heterocycles. The van der Waals surface area contributed by atoms with E-state index in [2.05, 4.69) is 5.32 Å². The van der Waals surface area contributed by atoms with E-state index in [-0.39, 0.29) is 6.10 Å². The monoisotopic (exact) mass is 183 g/mol. The standard InChI is InChI=1S/C10H17NO2/c12-7-13-10-3-1-8(2-4-10)9-5-11-6-9/h7-11H,1-6H2. The molecule has 13 heavy (non-hydrogen) atoms. The van der Waals surface area contributed by atoms with Crippen molar-refractivity contribution in [3.05, 3.63) is 0 Å².